The highest BCUT2D eigenvalue weighted by Gasteiger charge is 2.08. The van der Waals surface area contributed by atoms with Gasteiger partial charge in [0.05, 0.1) is 18.9 Å². The van der Waals surface area contributed by atoms with E-state index in [-0.39, 0.29) is 0 Å². The summed E-state index contributed by atoms with van der Waals surface area (Å²) in [7, 11) is 0. The quantitative estimate of drug-likeness (QED) is 0.864. The Morgan fingerprint density at radius 3 is 2.68 bits per heavy atom. The van der Waals surface area contributed by atoms with Gasteiger partial charge in [0.2, 0.25) is 0 Å². The highest BCUT2D eigenvalue weighted by molar-refractivity contribution is 5.17. The van der Waals surface area contributed by atoms with E-state index in [1.54, 1.807) is 0 Å². The molecule has 1 N–H and O–H groups in total. The van der Waals surface area contributed by atoms with Crippen LogP contribution in [0.3, 0.4) is 0 Å². The lowest BCUT2D eigenvalue weighted by Gasteiger charge is -2.08. The Kier molecular flexibility index (Phi) is 4.37. The molecular weight excluding hydrogens is 238 g/mol. The molecule has 0 saturated heterocycles. The lowest BCUT2D eigenvalue weighted by Crippen LogP contribution is -2.22. The van der Waals surface area contributed by atoms with Gasteiger partial charge in [-0.15, -0.1) is 0 Å². The zero-order chi connectivity index (χ0) is 13.8. The summed E-state index contributed by atoms with van der Waals surface area (Å²) < 4.78 is 3.98. The zero-order valence-electron chi connectivity index (χ0n) is 12.2. The second-order valence-corrected chi connectivity index (χ2v) is 5.15. The molecule has 0 bridgehead atoms. The van der Waals surface area contributed by atoms with E-state index < -0.39 is 0 Å². The first-order valence-corrected chi connectivity index (χ1v) is 6.86. The maximum absolute atomic E-state index is 4.46. The monoisotopic (exact) mass is 261 g/mol. The molecule has 0 amide bonds. The predicted molar refractivity (Wildman–Crippen MR) is 75.9 cm³/mol. The second kappa shape index (κ2) is 6.02. The first-order valence-electron chi connectivity index (χ1n) is 6.86. The first kappa shape index (κ1) is 13.8. The van der Waals surface area contributed by atoms with Crippen molar-refractivity contribution in [2.45, 2.75) is 53.4 Å². The van der Waals surface area contributed by atoms with Crippen LogP contribution < -0.4 is 5.32 Å². The predicted octanol–water partition coefficient (Wildman–Crippen LogP) is 1.95. The van der Waals surface area contributed by atoms with E-state index in [2.05, 4.69) is 49.4 Å². The van der Waals surface area contributed by atoms with E-state index in [9.17, 15) is 0 Å². The molecule has 0 aromatic carbocycles. The topological polar surface area (TPSA) is 47.7 Å². The van der Waals surface area contributed by atoms with Crippen molar-refractivity contribution in [3.8, 4) is 0 Å². The molecule has 5 nitrogen and oxygen atoms in total. The van der Waals surface area contributed by atoms with E-state index in [1.807, 2.05) is 21.8 Å². The summed E-state index contributed by atoms with van der Waals surface area (Å²) in [5.74, 6) is 0. The van der Waals surface area contributed by atoms with Gasteiger partial charge in [-0.1, -0.05) is 13.8 Å². The lowest BCUT2D eigenvalue weighted by atomic mass is 10.2. The summed E-state index contributed by atoms with van der Waals surface area (Å²) in [4.78, 5) is 0. The van der Waals surface area contributed by atoms with Gasteiger partial charge in [-0.3, -0.25) is 9.36 Å². The summed E-state index contributed by atoms with van der Waals surface area (Å²) >= 11 is 0. The molecule has 0 aliphatic rings. The molecule has 0 aliphatic carbocycles. The smallest absolute Gasteiger partial charge is 0.0693 e. The summed E-state index contributed by atoms with van der Waals surface area (Å²) in [6.07, 6.45) is 5.94. The van der Waals surface area contributed by atoms with Gasteiger partial charge in [0.1, 0.15) is 0 Å². The largest absolute Gasteiger partial charge is 0.310 e. The van der Waals surface area contributed by atoms with Gasteiger partial charge in [0, 0.05) is 42.1 Å². The summed E-state index contributed by atoms with van der Waals surface area (Å²) in [6, 6.07) is 0.491. The Morgan fingerprint density at radius 2 is 2.05 bits per heavy atom. The van der Waals surface area contributed by atoms with Gasteiger partial charge < -0.3 is 5.32 Å². The van der Waals surface area contributed by atoms with E-state index in [1.165, 1.54) is 16.8 Å². The van der Waals surface area contributed by atoms with Crippen LogP contribution in [0.5, 0.6) is 0 Å². The van der Waals surface area contributed by atoms with Crippen molar-refractivity contribution in [3.05, 3.63) is 35.4 Å². The summed E-state index contributed by atoms with van der Waals surface area (Å²) in [6.45, 7) is 11.1. The highest BCUT2D eigenvalue weighted by atomic mass is 15.3. The van der Waals surface area contributed by atoms with Gasteiger partial charge in [0.15, 0.2) is 0 Å². The lowest BCUT2D eigenvalue weighted by molar-refractivity contribution is 0.585. The van der Waals surface area contributed by atoms with Crippen LogP contribution >= 0.6 is 0 Å². The normalized spacial score (nSPS) is 11.4. The highest BCUT2D eigenvalue weighted by Crippen LogP contribution is 2.10. The van der Waals surface area contributed by atoms with Crippen molar-refractivity contribution in [2.24, 2.45) is 0 Å². The Morgan fingerprint density at radius 1 is 1.26 bits per heavy atom. The number of aryl methyl sites for hydroxylation is 1. The number of hydrogen-bond donors (Lipinski definition) is 1. The number of nitrogens with one attached hydrogen (secondary N) is 1. The Hall–Kier alpha value is -1.62. The summed E-state index contributed by atoms with van der Waals surface area (Å²) in [5.41, 5.74) is 3.67. The number of nitrogens with zero attached hydrogens (tertiary/aromatic N) is 4. The van der Waals surface area contributed by atoms with Crippen molar-refractivity contribution >= 4 is 0 Å². The van der Waals surface area contributed by atoms with E-state index in [4.69, 9.17) is 0 Å². The number of hydrogen-bond acceptors (Lipinski definition) is 3. The molecule has 2 rings (SSSR count). The molecule has 0 aliphatic heterocycles. The molecule has 0 radical (unpaired) electrons. The molecule has 2 aromatic rings. The van der Waals surface area contributed by atoms with Crippen LogP contribution in [-0.4, -0.2) is 25.6 Å². The molecular formula is C14H23N5. The molecule has 19 heavy (non-hydrogen) atoms. The van der Waals surface area contributed by atoms with Crippen molar-refractivity contribution in [2.75, 3.05) is 0 Å². The first-order chi connectivity index (χ1) is 9.10. The zero-order valence-corrected chi connectivity index (χ0v) is 12.2. The Bertz CT molecular complexity index is 524. The standard InChI is InChI=1S/C14H23N5/c1-5-18-9-13(6-16-18)10-19-12(4)14(8-17-19)7-15-11(2)3/h6,8-9,11,15H,5,7,10H2,1-4H3. The Balaban J connectivity index is 2.04. The third-order valence-corrected chi connectivity index (χ3v) is 3.25. The average molecular weight is 261 g/mol. The van der Waals surface area contributed by atoms with Crippen LogP contribution in [0, 0.1) is 6.92 Å². The van der Waals surface area contributed by atoms with Crippen LogP contribution in [0.25, 0.3) is 0 Å². The molecule has 0 spiro atoms. The molecule has 0 atom stereocenters. The van der Waals surface area contributed by atoms with Crippen molar-refractivity contribution in [1.82, 2.24) is 24.9 Å². The molecule has 0 fully saturated rings. The van der Waals surface area contributed by atoms with Gasteiger partial charge in [-0.25, -0.2) is 0 Å². The van der Waals surface area contributed by atoms with Gasteiger partial charge in [-0.2, -0.15) is 10.2 Å². The van der Waals surface area contributed by atoms with Gasteiger partial charge in [-0.05, 0) is 13.8 Å². The minimum absolute atomic E-state index is 0.491. The van der Waals surface area contributed by atoms with E-state index >= 15 is 0 Å². The SMILES string of the molecule is CCn1cc(Cn2ncc(CNC(C)C)c2C)cn1. The van der Waals surface area contributed by atoms with Crippen molar-refractivity contribution < 1.29 is 0 Å². The number of rotatable bonds is 6. The van der Waals surface area contributed by atoms with Gasteiger partial charge >= 0.3 is 0 Å². The minimum Gasteiger partial charge on any atom is -0.310 e. The molecule has 0 unspecified atom stereocenters. The fraction of sp³-hybridized carbons (Fsp3) is 0.571. The molecule has 5 heteroatoms. The fourth-order valence-corrected chi connectivity index (χ4v) is 1.97. The molecule has 2 heterocycles. The molecule has 2 aromatic heterocycles. The average Bonchev–Trinajstić information content (AvgIpc) is 2.96. The van der Waals surface area contributed by atoms with E-state index in [0.717, 1.165) is 19.6 Å². The summed E-state index contributed by atoms with van der Waals surface area (Å²) in [5, 5.41) is 12.2. The van der Waals surface area contributed by atoms with E-state index in [0.29, 0.717) is 6.04 Å². The van der Waals surface area contributed by atoms with Crippen LogP contribution in [0.15, 0.2) is 18.6 Å². The minimum atomic E-state index is 0.491. The molecule has 0 saturated carbocycles. The third kappa shape index (κ3) is 3.44. The Labute approximate surface area is 114 Å². The van der Waals surface area contributed by atoms with Crippen molar-refractivity contribution in [1.29, 1.82) is 0 Å². The maximum atomic E-state index is 4.46. The van der Waals surface area contributed by atoms with Gasteiger partial charge in [0.25, 0.3) is 0 Å². The van der Waals surface area contributed by atoms with Crippen molar-refractivity contribution in [3.63, 3.8) is 0 Å². The third-order valence-electron chi connectivity index (χ3n) is 3.25. The van der Waals surface area contributed by atoms with Crippen LogP contribution in [0.2, 0.25) is 0 Å². The van der Waals surface area contributed by atoms with Crippen LogP contribution in [-0.2, 0) is 19.6 Å². The van der Waals surface area contributed by atoms with Crippen LogP contribution in [0.1, 0.15) is 37.6 Å². The molecule has 104 valence electrons. The maximum Gasteiger partial charge on any atom is 0.0693 e. The van der Waals surface area contributed by atoms with Crippen LogP contribution in [0.4, 0.5) is 0 Å². The fourth-order valence-electron chi connectivity index (χ4n) is 1.97. The number of aromatic nitrogens is 4. The second-order valence-electron chi connectivity index (χ2n) is 5.15.